The number of hydrogen-bond acceptors (Lipinski definition) is 3. The third-order valence-corrected chi connectivity index (χ3v) is 0.511. The minimum Gasteiger partial charge on any atom is -0.359 e. The first kappa shape index (κ1) is 7.66. The van der Waals surface area contributed by atoms with Gasteiger partial charge in [-0.05, 0) is 5.92 Å². The van der Waals surface area contributed by atoms with Crippen molar-refractivity contribution in [2.45, 2.75) is 0 Å². The number of carbonyl (C=O) groups excluding carboxylic acids is 2. The molecule has 4 heteroatoms. The average molecular weight is 126 g/mol. The van der Waals surface area contributed by atoms with Crippen LogP contribution in [0, 0.1) is 11.8 Å². The van der Waals surface area contributed by atoms with E-state index in [0.717, 1.165) is 0 Å². The van der Waals surface area contributed by atoms with E-state index in [1.54, 1.807) is 0 Å². The van der Waals surface area contributed by atoms with Gasteiger partial charge in [0.1, 0.15) is 0 Å². The molecule has 0 rings (SSSR count). The first-order valence-corrected chi connectivity index (χ1v) is 2.21. The molecule has 0 fully saturated rings. The number of amides is 1. The fourth-order valence-electron chi connectivity index (χ4n) is 0.182. The SMILES string of the molecule is NCC(=O)C#CC(N)=O. The lowest BCUT2D eigenvalue weighted by atomic mass is 10.4. The van der Waals surface area contributed by atoms with Gasteiger partial charge < -0.3 is 11.5 Å². The largest absolute Gasteiger partial charge is 0.359 e. The summed E-state index contributed by atoms with van der Waals surface area (Å²) in [6.07, 6.45) is 0. The third-order valence-electron chi connectivity index (χ3n) is 0.511. The highest BCUT2D eigenvalue weighted by Gasteiger charge is 1.88. The van der Waals surface area contributed by atoms with Crippen LogP contribution in [0.4, 0.5) is 0 Å². The second-order valence-corrected chi connectivity index (χ2v) is 1.24. The van der Waals surface area contributed by atoms with E-state index in [0.29, 0.717) is 0 Å². The van der Waals surface area contributed by atoms with Crippen molar-refractivity contribution in [2.75, 3.05) is 6.54 Å². The molecule has 0 aromatic carbocycles. The summed E-state index contributed by atoms with van der Waals surface area (Å²) in [5.41, 5.74) is 9.44. The maximum Gasteiger partial charge on any atom is 0.293 e. The minimum atomic E-state index is -0.822. The quantitative estimate of drug-likeness (QED) is 0.315. The smallest absolute Gasteiger partial charge is 0.293 e. The molecular formula is C5H6N2O2. The molecule has 9 heavy (non-hydrogen) atoms. The Bertz CT molecular complexity index is 187. The highest BCUT2D eigenvalue weighted by Crippen LogP contribution is 1.59. The van der Waals surface area contributed by atoms with Gasteiger partial charge in [0.25, 0.3) is 5.91 Å². The van der Waals surface area contributed by atoms with Gasteiger partial charge in [-0.15, -0.1) is 0 Å². The van der Waals surface area contributed by atoms with E-state index in [4.69, 9.17) is 5.73 Å². The van der Waals surface area contributed by atoms with Crippen molar-refractivity contribution in [2.24, 2.45) is 11.5 Å². The van der Waals surface area contributed by atoms with Crippen LogP contribution >= 0.6 is 0 Å². The molecule has 0 spiro atoms. The van der Waals surface area contributed by atoms with Crippen molar-refractivity contribution in [3.05, 3.63) is 0 Å². The van der Waals surface area contributed by atoms with E-state index in [1.807, 2.05) is 11.8 Å². The molecular weight excluding hydrogens is 120 g/mol. The Labute approximate surface area is 52.2 Å². The zero-order chi connectivity index (χ0) is 7.28. The number of carbonyl (C=O) groups is 2. The molecule has 0 aromatic heterocycles. The first-order chi connectivity index (χ1) is 4.16. The molecule has 0 aliphatic rings. The molecule has 1 amide bonds. The Morgan fingerprint density at radius 1 is 1.33 bits per heavy atom. The van der Waals surface area contributed by atoms with Crippen LogP contribution in [0.1, 0.15) is 0 Å². The highest BCUT2D eigenvalue weighted by molar-refractivity contribution is 6.03. The van der Waals surface area contributed by atoms with Gasteiger partial charge in [-0.1, -0.05) is 0 Å². The lowest BCUT2D eigenvalue weighted by Gasteiger charge is -1.76. The second kappa shape index (κ2) is 3.64. The standard InChI is InChI=1S/C5H6N2O2/c6-3-4(8)1-2-5(7)9/h3,6H2,(H2,7,9). The molecule has 0 bridgehead atoms. The van der Waals surface area contributed by atoms with Crippen LogP contribution < -0.4 is 11.5 Å². The Morgan fingerprint density at radius 3 is 2.22 bits per heavy atom. The van der Waals surface area contributed by atoms with Gasteiger partial charge in [0.05, 0.1) is 6.54 Å². The number of primary amides is 1. The van der Waals surface area contributed by atoms with Crippen molar-refractivity contribution in [1.29, 1.82) is 0 Å². The van der Waals surface area contributed by atoms with Crippen LogP contribution in [-0.2, 0) is 9.59 Å². The summed E-state index contributed by atoms with van der Waals surface area (Å²) < 4.78 is 0. The molecule has 0 radical (unpaired) electrons. The molecule has 0 unspecified atom stereocenters. The maximum absolute atomic E-state index is 10.2. The fraction of sp³-hybridized carbons (Fsp3) is 0.200. The van der Waals surface area contributed by atoms with E-state index >= 15 is 0 Å². The van der Waals surface area contributed by atoms with E-state index in [2.05, 4.69) is 5.73 Å². The van der Waals surface area contributed by atoms with Gasteiger partial charge in [-0.25, -0.2) is 0 Å². The molecule has 0 saturated heterocycles. The summed E-state index contributed by atoms with van der Waals surface area (Å²) in [5, 5.41) is 0. The predicted octanol–water partition coefficient (Wildman–Crippen LogP) is -2.00. The zero-order valence-electron chi connectivity index (χ0n) is 4.68. The van der Waals surface area contributed by atoms with Crippen molar-refractivity contribution >= 4 is 11.7 Å². The molecule has 48 valence electrons. The van der Waals surface area contributed by atoms with Gasteiger partial charge in [0, 0.05) is 5.92 Å². The van der Waals surface area contributed by atoms with Gasteiger partial charge in [-0.3, -0.25) is 9.59 Å². The van der Waals surface area contributed by atoms with Gasteiger partial charge in [-0.2, -0.15) is 0 Å². The van der Waals surface area contributed by atoms with Gasteiger partial charge in [0.2, 0.25) is 5.78 Å². The zero-order valence-corrected chi connectivity index (χ0v) is 4.68. The Morgan fingerprint density at radius 2 is 1.89 bits per heavy atom. The monoisotopic (exact) mass is 126 g/mol. The minimum absolute atomic E-state index is 0.180. The summed E-state index contributed by atoms with van der Waals surface area (Å²) in [5.74, 6) is 2.48. The lowest BCUT2D eigenvalue weighted by molar-refractivity contribution is -0.114. The highest BCUT2D eigenvalue weighted by atomic mass is 16.1. The van der Waals surface area contributed by atoms with E-state index < -0.39 is 11.7 Å². The fourth-order valence-corrected chi connectivity index (χ4v) is 0.182. The number of Topliss-reactive ketones (excluding diaryl/α,β-unsaturated/α-hetero) is 1. The second-order valence-electron chi connectivity index (χ2n) is 1.24. The molecule has 4 N–H and O–H groups in total. The van der Waals surface area contributed by atoms with E-state index in [9.17, 15) is 9.59 Å². The first-order valence-electron chi connectivity index (χ1n) is 2.21. The summed E-state index contributed by atoms with van der Waals surface area (Å²) in [6.45, 7) is -0.180. The molecule has 0 aliphatic heterocycles. The Balaban J connectivity index is 3.88. The molecule has 0 atom stereocenters. The predicted molar refractivity (Wildman–Crippen MR) is 31.0 cm³/mol. The van der Waals surface area contributed by atoms with Crippen LogP contribution in [0.15, 0.2) is 0 Å². The number of nitrogens with two attached hydrogens (primary N) is 2. The maximum atomic E-state index is 10.2. The third kappa shape index (κ3) is 4.51. The van der Waals surface area contributed by atoms with Crippen LogP contribution in [0.2, 0.25) is 0 Å². The molecule has 0 heterocycles. The normalized spacial score (nSPS) is 7.22. The van der Waals surface area contributed by atoms with Crippen LogP contribution in [0.25, 0.3) is 0 Å². The number of ketones is 1. The van der Waals surface area contributed by atoms with Crippen LogP contribution in [0.3, 0.4) is 0 Å². The van der Waals surface area contributed by atoms with Gasteiger partial charge >= 0.3 is 0 Å². The Kier molecular flexibility index (Phi) is 3.09. The summed E-state index contributed by atoms with van der Waals surface area (Å²) in [6, 6.07) is 0. The van der Waals surface area contributed by atoms with E-state index in [-0.39, 0.29) is 6.54 Å². The molecule has 4 nitrogen and oxygen atoms in total. The van der Waals surface area contributed by atoms with Crippen LogP contribution in [0.5, 0.6) is 0 Å². The van der Waals surface area contributed by atoms with Crippen molar-refractivity contribution in [3.63, 3.8) is 0 Å². The lowest BCUT2D eigenvalue weighted by Crippen LogP contribution is -2.12. The summed E-state index contributed by atoms with van der Waals surface area (Å²) in [7, 11) is 0. The van der Waals surface area contributed by atoms with E-state index in [1.165, 1.54) is 0 Å². The number of hydrogen-bond donors (Lipinski definition) is 2. The van der Waals surface area contributed by atoms with Crippen molar-refractivity contribution in [1.82, 2.24) is 0 Å². The molecule has 0 aliphatic carbocycles. The molecule has 0 saturated carbocycles. The topological polar surface area (TPSA) is 86.2 Å². The molecule has 0 aromatic rings. The summed E-state index contributed by atoms with van der Waals surface area (Å²) in [4.78, 5) is 20.1. The Hall–Kier alpha value is -1.34. The average Bonchev–Trinajstić information content (AvgIpc) is 1.83. The van der Waals surface area contributed by atoms with Gasteiger partial charge in [0.15, 0.2) is 0 Å². The number of rotatable bonds is 1. The van der Waals surface area contributed by atoms with Crippen molar-refractivity contribution in [3.8, 4) is 11.8 Å². The van der Waals surface area contributed by atoms with Crippen LogP contribution in [-0.4, -0.2) is 18.2 Å². The van der Waals surface area contributed by atoms with Crippen molar-refractivity contribution < 1.29 is 9.59 Å². The summed E-state index contributed by atoms with van der Waals surface area (Å²) >= 11 is 0.